The van der Waals surface area contributed by atoms with E-state index in [0.717, 1.165) is 31.5 Å². The van der Waals surface area contributed by atoms with Gasteiger partial charge in [-0.25, -0.2) is 8.42 Å². The maximum absolute atomic E-state index is 12.9. The number of anilines is 2. The molecule has 32 heavy (non-hydrogen) atoms. The molecule has 2 aliphatic rings. The van der Waals surface area contributed by atoms with E-state index in [1.54, 1.807) is 16.4 Å². The molecule has 2 fully saturated rings. The minimum Gasteiger partial charge on any atom is -0.360 e. The van der Waals surface area contributed by atoms with Crippen LogP contribution in [-0.4, -0.2) is 56.8 Å². The third-order valence-corrected chi connectivity index (χ3v) is 8.02. The summed E-state index contributed by atoms with van der Waals surface area (Å²) in [5.41, 5.74) is 1.92. The van der Waals surface area contributed by atoms with Crippen molar-refractivity contribution in [3.8, 4) is 0 Å². The number of hydrogen-bond donors (Lipinski definition) is 2. The predicted molar refractivity (Wildman–Crippen MR) is 123 cm³/mol. The zero-order valence-electron chi connectivity index (χ0n) is 18.1. The van der Waals surface area contributed by atoms with Crippen LogP contribution in [0.15, 0.2) is 53.4 Å². The second-order valence-corrected chi connectivity index (χ2v) is 10.1. The molecule has 0 radical (unpaired) electrons. The van der Waals surface area contributed by atoms with Gasteiger partial charge >= 0.3 is 0 Å². The molecule has 2 aliphatic heterocycles. The van der Waals surface area contributed by atoms with Gasteiger partial charge in [0.05, 0.1) is 11.4 Å². The third kappa shape index (κ3) is 4.78. The Bertz CT molecular complexity index is 1080. The van der Waals surface area contributed by atoms with E-state index >= 15 is 0 Å². The van der Waals surface area contributed by atoms with Crippen LogP contribution >= 0.6 is 0 Å². The second kappa shape index (κ2) is 9.30. The number of nitrogens with one attached hydrogen (secondary N) is 2. The summed E-state index contributed by atoms with van der Waals surface area (Å²) in [4.78, 5) is 26.4. The number of carbonyl (C=O) groups excluding carboxylic acids is 2. The first-order valence-electron chi connectivity index (χ1n) is 10.9. The van der Waals surface area contributed by atoms with Crippen molar-refractivity contribution in [1.29, 1.82) is 0 Å². The zero-order chi connectivity index (χ0) is 22.7. The fourth-order valence-electron chi connectivity index (χ4n) is 4.16. The van der Waals surface area contributed by atoms with Crippen molar-refractivity contribution in [2.75, 3.05) is 36.4 Å². The van der Waals surface area contributed by atoms with Crippen LogP contribution in [0.1, 0.15) is 36.5 Å². The van der Waals surface area contributed by atoms with E-state index in [2.05, 4.69) is 10.6 Å². The SMILES string of the molecule is CC1CCCCN1S(=O)(=O)c1ccc(C(=O)Nc2ccc(N3CCNC(=O)C3)cc2)cc1. The molecule has 170 valence electrons. The summed E-state index contributed by atoms with van der Waals surface area (Å²) in [5, 5.41) is 5.62. The van der Waals surface area contributed by atoms with Crippen LogP contribution in [0.25, 0.3) is 0 Å². The molecule has 0 aliphatic carbocycles. The highest BCUT2D eigenvalue weighted by Gasteiger charge is 2.30. The highest BCUT2D eigenvalue weighted by Crippen LogP contribution is 2.25. The molecule has 2 aromatic rings. The Morgan fingerprint density at radius 3 is 2.41 bits per heavy atom. The number of amides is 2. The van der Waals surface area contributed by atoms with E-state index < -0.39 is 10.0 Å². The molecule has 0 spiro atoms. The molecule has 9 heteroatoms. The van der Waals surface area contributed by atoms with E-state index in [1.807, 2.05) is 24.0 Å². The molecule has 8 nitrogen and oxygen atoms in total. The number of sulfonamides is 1. The van der Waals surface area contributed by atoms with Crippen molar-refractivity contribution >= 4 is 33.2 Å². The largest absolute Gasteiger partial charge is 0.360 e. The molecule has 2 saturated heterocycles. The Kier molecular flexibility index (Phi) is 6.48. The molecule has 0 bridgehead atoms. The van der Waals surface area contributed by atoms with Gasteiger partial charge < -0.3 is 15.5 Å². The second-order valence-electron chi connectivity index (χ2n) is 8.26. The van der Waals surface area contributed by atoms with E-state index in [0.29, 0.717) is 30.9 Å². The van der Waals surface area contributed by atoms with Gasteiger partial charge in [-0.3, -0.25) is 9.59 Å². The summed E-state index contributed by atoms with van der Waals surface area (Å²) in [7, 11) is -3.56. The van der Waals surface area contributed by atoms with Gasteiger partial charge in [-0.15, -0.1) is 0 Å². The number of benzene rings is 2. The van der Waals surface area contributed by atoms with Crippen molar-refractivity contribution in [3.05, 3.63) is 54.1 Å². The minimum atomic E-state index is -3.56. The summed E-state index contributed by atoms with van der Waals surface area (Å²) in [5.74, 6) is -0.320. The van der Waals surface area contributed by atoms with Gasteiger partial charge in [0.25, 0.3) is 5.91 Å². The van der Waals surface area contributed by atoms with Crippen LogP contribution in [0.3, 0.4) is 0 Å². The van der Waals surface area contributed by atoms with Gasteiger partial charge in [0.2, 0.25) is 15.9 Å². The average Bonchev–Trinajstić information content (AvgIpc) is 2.80. The fourth-order valence-corrected chi connectivity index (χ4v) is 5.86. The quantitative estimate of drug-likeness (QED) is 0.720. The standard InChI is InChI=1S/C23H28N4O4S/c1-17-4-2-3-14-27(17)32(30,31)21-11-5-18(6-12-21)23(29)25-19-7-9-20(10-8-19)26-15-13-24-22(28)16-26/h5-12,17H,2-4,13-16H2,1H3,(H,24,28)(H,25,29). The molecule has 0 aromatic heterocycles. The predicted octanol–water partition coefficient (Wildman–Crippen LogP) is 2.44. The lowest BCUT2D eigenvalue weighted by Crippen LogP contribution is -2.47. The highest BCUT2D eigenvalue weighted by atomic mass is 32.2. The van der Waals surface area contributed by atoms with Gasteiger partial charge in [0.1, 0.15) is 0 Å². The number of piperazine rings is 1. The normalized spacial score (nSPS) is 20.0. The number of piperidine rings is 1. The lowest BCUT2D eigenvalue weighted by atomic mass is 10.1. The van der Waals surface area contributed by atoms with Crippen LogP contribution in [0.4, 0.5) is 11.4 Å². The van der Waals surface area contributed by atoms with Crippen molar-refractivity contribution in [3.63, 3.8) is 0 Å². The van der Waals surface area contributed by atoms with Crippen molar-refractivity contribution in [1.82, 2.24) is 9.62 Å². The van der Waals surface area contributed by atoms with Gasteiger partial charge in [0, 0.05) is 42.6 Å². The Labute approximate surface area is 188 Å². The van der Waals surface area contributed by atoms with E-state index in [9.17, 15) is 18.0 Å². The molecule has 2 heterocycles. The lowest BCUT2D eigenvalue weighted by Gasteiger charge is -2.32. The van der Waals surface area contributed by atoms with Gasteiger partial charge in [-0.1, -0.05) is 6.42 Å². The molecule has 2 amide bonds. The zero-order valence-corrected chi connectivity index (χ0v) is 18.9. The smallest absolute Gasteiger partial charge is 0.255 e. The fraction of sp³-hybridized carbons (Fsp3) is 0.391. The average molecular weight is 457 g/mol. The molecular weight excluding hydrogens is 428 g/mol. The van der Waals surface area contributed by atoms with Crippen LogP contribution in [0, 0.1) is 0 Å². The van der Waals surface area contributed by atoms with Crippen LogP contribution < -0.4 is 15.5 Å². The summed E-state index contributed by atoms with van der Waals surface area (Å²) >= 11 is 0. The molecule has 1 unspecified atom stereocenters. The Balaban J connectivity index is 1.41. The Morgan fingerprint density at radius 2 is 1.75 bits per heavy atom. The minimum absolute atomic E-state index is 0.00571. The maximum atomic E-state index is 12.9. The van der Waals surface area contributed by atoms with Crippen molar-refractivity contribution in [2.24, 2.45) is 0 Å². The Morgan fingerprint density at radius 1 is 1.03 bits per heavy atom. The first-order chi connectivity index (χ1) is 15.3. The first kappa shape index (κ1) is 22.3. The summed E-state index contributed by atoms with van der Waals surface area (Å²) in [6, 6.07) is 13.4. The topological polar surface area (TPSA) is 98.8 Å². The van der Waals surface area contributed by atoms with Crippen LogP contribution in [0.5, 0.6) is 0 Å². The first-order valence-corrected chi connectivity index (χ1v) is 12.3. The molecule has 2 aromatic carbocycles. The summed E-state index contributed by atoms with van der Waals surface area (Å²) in [6.07, 6.45) is 2.78. The van der Waals surface area contributed by atoms with E-state index in [1.165, 1.54) is 24.3 Å². The third-order valence-electron chi connectivity index (χ3n) is 5.99. The number of carbonyl (C=O) groups is 2. The highest BCUT2D eigenvalue weighted by molar-refractivity contribution is 7.89. The Hall–Kier alpha value is -2.91. The molecule has 1 atom stereocenters. The van der Waals surface area contributed by atoms with E-state index in [4.69, 9.17) is 0 Å². The lowest BCUT2D eigenvalue weighted by molar-refractivity contribution is -0.120. The molecular formula is C23H28N4O4S. The summed E-state index contributed by atoms with van der Waals surface area (Å²) in [6.45, 7) is 4.13. The van der Waals surface area contributed by atoms with Gasteiger partial charge in [-0.2, -0.15) is 4.31 Å². The van der Waals surface area contributed by atoms with Gasteiger partial charge in [0.15, 0.2) is 0 Å². The number of hydrogen-bond acceptors (Lipinski definition) is 5. The molecule has 0 saturated carbocycles. The maximum Gasteiger partial charge on any atom is 0.255 e. The van der Waals surface area contributed by atoms with Crippen LogP contribution in [0.2, 0.25) is 0 Å². The molecule has 2 N–H and O–H groups in total. The monoisotopic (exact) mass is 456 g/mol. The number of nitrogens with zero attached hydrogens (tertiary/aromatic N) is 2. The van der Waals surface area contributed by atoms with Crippen LogP contribution in [-0.2, 0) is 14.8 Å². The van der Waals surface area contributed by atoms with Crippen molar-refractivity contribution < 1.29 is 18.0 Å². The molecule has 4 rings (SSSR count). The summed E-state index contributed by atoms with van der Waals surface area (Å²) < 4.78 is 27.5. The van der Waals surface area contributed by atoms with Gasteiger partial charge in [-0.05, 0) is 68.3 Å². The van der Waals surface area contributed by atoms with E-state index in [-0.39, 0.29) is 22.8 Å². The van der Waals surface area contributed by atoms with Crippen molar-refractivity contribution in [2.45, 2.75) is 37.1 Å². The number of rotatable bonds is 5.